The van der Waals surface area contributed by atoms with Crippen LogP contribution in [-0.2, 0) is 24.7 Å². The highest BCUT2D eigenvalue weighted by Gasteiger charge is 2.23. The standard InChI is InChI=1S/C15H19N5O/c1-20-10-18-19-14(20)6-7-16-15(21)12-8-11-4-2-3-5-13(11)17-9-12/h2-5,10,12,17H,6-9H2,1H3,(H,16,21). The van der Waals surface area contributed by atoms with Gasteiger partial charge >= 0.3 is 0 Å². The van der Waals surface area contributed by atoms with E-state index in [4.69, 9.17) is 0 Å². The molecule has 0 saturated heterocycles. The first kappa shape index (κ1) is 13.6. The average molecular weight is 285 g/mol. The molecular formula is C15H19N5O. The molecule has 0 saturated carbocycles. The maximum atomic E-state index is 12.2. The third-order valence-corrected chi connectivity index (χ3v) is 3.85. The fourth-order valence-corrected chi connectivity index (χ4v) is 2.60. The summed E-state index contributed by atoms with van der Waals surface area (Å²) in [5.74, 6) is 0.959. The van der Waals surface area contributed by atoms with Gasteiger partial charge in [0.2, 0.25) is 5.91 Å². The summed E-state index contributed by atoms with van der Waals surface area (Å²) < 4.78 is 1.87. The van der Waals surface area contributed by atoms with Gasteiger partial charge in [0.25, 0.3) is 0 Å². The van der Waals surface area contributed by atoms with Crippen molar-refractivity contribution in [3.8, 4) is 0 Å². The Balaban J connectivity index is 1.52. The van der Waals surface area contributed by atoms with Crippen LogP contribution in [0.3, 0.4) is 0 Å². The highest BCUT2D eigenvalue weighted by atomic mass is 16.1. The molecule has 1 amide bonds. The molecule has 6 heteroatoms. The number of aromatic nitrogens is 3. The minimum absolute atomic E-state index is 0.0144. The molecule has 0 fully saturated rings. The van der Waals surface area contributed by atoms with Gasteiger partial charge in [0.15, 0.2) is 0 Å². The number of amides is 1. The van der Waals surface area contributed by atoms with E-state index < -0.39 is 0 Å². The first-order valence-electron chi connectivity index (χ1n) is 7.16. The molecule has 0 radical (unpaired) electrons. The van der Waals surface area contributed by atoms with Crippen LogP contribution in [0.15, 0.2) is 30.6 Å². The Hall–Kier alpha value is -2.37. The van der Waals surface area contributed by atoms with Crippen LogP contribution in [0.1, 0.15) is 11.4 Å². The Morgan fingerprint density at radius 3 is 3.14 bits per heavy atom. The summed E-state index contributed by atoms with van der Waals surface area (Å²) in [5, 5.41) is 14.1. The minimum atomic E-state index is -0.0144. The molecule has 1 aliphatic heterocycles. The van der Waals surface area contributed by atoms with Gasteiger partial charge in [-0.15, -0.1) is 10.2 Å². The van der Waals surface area contributed by atoms with E-state index in [0.717, 1.165) is 17.9 Å². The van der Waals surface area contributed by atoms with E-state index in [1.807, 2.05) is 23.7 Å². The molecule has 1 atom stereocenters. The maximum Gasteiger partial charge on any atom is 0.225 e. The fourth-order valence-electron chi connectivity index (χ4n) is 2.60. The second-order valence-corrected chi connectivity index (χ2v) is 5.34. The summed E-state index contributed by atoms with van der Waals surface area (Å²) in [4.78, 5) is 12.2. The number of aryl methyl sites for hydroxylation is 1. The number of para-hydroxylation sites is 1. The second-order valence-electron chi connectivity index (χ2n) is 5.34. The quantitative estimate of drug-likeness (QED) is 0.870. The number of carbonyl (C=O) groups excluding carboxylic acids is 1. The molecule has 21 heavy (non-hydrogen) atoms. The average Bonchev–Trinajstić information content (AvgIpc) is 2.92. The zero-order valence-electron chi connectivity index (χ0n) is 12.0. The molecule has 2 heterocycles. The first-order valence-corrected chi connectivity index (χ1v) is 7.16. The topological polar surface area (TPSA) is 71.8 Å². The van der Waals surface area contributed by atoms with E-state index in [1.165, 1.54) is 5.56 Å². The number of nitrogens with zero attached hydrogens (tertiary/aromatic N) is 3. The van der Waals surface area contributed by atoms with Crippen LogP contribution in [0.4, 0.5) is 5.69 Å². The Morgan fingerprint density at radius 1 is 1.48 bits per heavy atom. The van der Waals surface area contributed by atoms with Crippen molar-refractivity contribution < 1.29 is 4.79 Å². The van der Waals surface area contributed by atoms with E-state index in [0.29, 0.717) is 19.5 Å². The third kappa shape index (κ3) is 3.04. The van der Waals surface area contributed by atoms with Crippen molar-refractivity contribution in [2.75, 3.05) is 18.4 Å². The number of nitrogens with one attached hydrogen (secondary N) is 2. The van der Waals surface area contributed by atoms with Gasteiger partial charge in [-0.05, 0) is 18.1 Å². The summed E-state index contributed by atoms with van der Waals surface area (Å²) in [6.45, 7) is 1.27. The van der Waals surface area contributed by atoms with Crippen molar-refractivity contribution in [1.82, 2.24) is 20.1 Å². The fraction of sp³-hybridized carbons (Fsp3) is 0.400. The summed E-state index contributed by atoms with van der Waals surface area (Å²) in [6.07, 6.45) is 3.15. The van der Waals surface area contributed by atoms with Gasteiger partial charge in [0.1, 0.15) is 12.2 Å². The SMILES string of the molecule is Cn1cnnc1CCNC(=O)C1CNc2ccccc2C1. The van der Waals surface area contributed by atoms with Gasteiger partial charge < -0.3 is 15.2 Å². The zero-order chi connectivity index (χ0) is 14.7. The molecule has 0 bridgehead atoms. The van der Waals surface area contributed by atoms with E-state index in [-0.39, 0.29) is 11.8 Å². The minimum Gasteiger partial charge on any atom is -0.384 e. The normalized spacial score (nSPS) is 16.9. The molecule has 1 aliphatic rings. The third-order valence-electron chi connectivity index (χ3n) is 3.85. The lowest BCUT2D eigenvalue weighted by molar-refractivity contribution is -0.124. The van der Waals surface area contributed by atoms with Crippen LogP contribution in [0, 0.1) is 5.92 Å². The van der Waals surface area contributed by atoms with Gasteiger partial charge in [-0.25, -0.2) is 0 Å². The van der Waals surface area contributed by atoms with Crippen LogP contribution >= 0.6 is 0 Å². The molecule has 0 spiro atoms. The van der Waals surface area contributed by atoms with E-state index in [2.05, 4.69) is 33.0 Å². The monoisotopic (exact) mass is 285 g/mol. The van der Waals surface area contributed by atoms with Gasteiger partial charge in [0, 0.05) is 32.2 Å². The van der Waals surface area contributed by atoms with Crippen molar-refractivity contribution in [1.29, 1.82) is 0 Å². The van der Waals surface area contributed by atoms with Crippen molar-refractivity contribution in [2.24, 2.45) is 13.0 Å². The number of benzene rings is 1. The van der Waals surface area contributed by atoms with Crippen molar-refractivity contribution >= 4 is 11.6 Å². The number of rotatable bonds is 4. The van der Waals surface area contributed by atoms with Gasteiger partial charge in [-0.1, -0.05) is 18.2 Å². The lowest BCUT2D eigenvalue weighted by Crippen LogP contribution is -2.39. The molecule has 1 aromatic carbocycles. The van der Waals surface area contributed by atoms with Gasteiger partial charge in [0.05, 0.1) is 5.92 Å². The van der Waals surface area contributed by atoms with E-state index in [1.54, 1.807) is 6.33 Å². The Bertz CT molecular complexity index is 636. The first-order chi connectivity index (χ1) is 10.2. The molecule has 1 unspecified atom stereocenters. The molecule has 3 rings (SSSR count). The van der Waals surface area contributed by atoms with Crippen LogP contribution in [0.25, 0.3) is 0 Å². The second kappa shape index (κ2) is 5.95. The predicted molar refractivity (Wildman–Crippen MR) is 79.8 cm³/mol. The number of hydrogen-bond acceptors (Lipinski definition) is 4. The van der Waals surface area contributed by atoms with Crippen LogP contribution < -0.4 is 10.6 Å². The number of fused-ring (bicyclic) bond motifs is 1. The Labute approximate surface area is 123 Å². The van der Waals surface area contributed by atoms with Crippen LogP contribution in [0.2, 0.25) is 0 Å². The molecule has 6 nitrogen and oxygen atoms in total. The molecule has 2 N–H and O–H groups in total. The van der Waals surface area contributed by atoms with Gasteiger partial charge in [-0.3, -0.25) is 4.79 Å². The highest BCUT2D eigenvalue weighted by molar-refractivity contribution is 5.80. The lowest BCUT2D eigenvalue weighted by Gasteiger charge is -2.25. The highest BCUT2D eigenvalue weighted by Crippen LogP contribution is 2.24. The van der Waals surface area contributed by atoms with E-state index >= 15 is 0 Å². The number of anilines is 1. The predicted octanol–water partition coefficient (Wildman–Crippen LogP) is 0.758. The van der Waals surface area contributed by atoms with Crippen molar-refractivity contribution in [3.63, 3.8) is 0 Å². The van der Waals surface area contributed by atoms with Gasteiger partial charge in [-0.2, -0.15) is 0 Å². The maximum absolute atomic E-state index is 12.2. The van der Waals surface area contributed by atoms with Crippen LogP contribution in [-0.4, -0.2) is 33.8 Å². The Morgan fingerprint density at radius 2 is 2.33 bits per heavy atom. The summed E-state index contributed by atoms with van der Waals surface area (Å²) in [5.41, 5.74) is 2.35. The molecular weight excluding hydrogens is 266 g/mol. The molecule has 110 valence electrons. The largest absolute Gasteiger partial charge is 0.384 e. The Kier molecular flexibility index (Phi) is 3.85. The summed E-state index contributed by atoms with van der Waals surface area (Å²) >= 11 is 0. The molecule has 2 aromatic rings. The summed E-state index contributed by atoms with van der Waals surface area (Å²) in [7, 11) is 1.90. The number of carbonyl (C=O) groups is 1. The zero-order valence-corrected chi connectivity index (χ0v) is 12.0. The summed E-state index contributed by atoms with van der Waals surface area (Å²) in [6, 6.07) is 8.14. The van der Waals surface area contributed by atoms with Crippen molar-refractivity contribution in [2.45, 2.75) is 12.8 Å². The van der Waals surface area contributed by atoms with E-state index in [9.17, 15) is 4.79 Å². The smallest absolute Gasteiger partial charge is 0.225 e. The van der Waals surface area contributed by atoms with Crippen LogP contribution in [0.5, 0.6) is 0 Å². The molecule has 1 aromatic heterocycles. The molecule has 0 aliphatic carbocycles. The van der Waals surface area contributed by atoms with Crippen molar-refractivity contribution in [3.05, 3.63) is 42.0 Å². The number of hydrogen-bond donors (Lipinski definition) is 2. The lowest BCUT2D eigenvalue weighted by atomic mass is 9.93.